The minimum Gasteiger partial charge on any atom is -0.392 e. The van der Waals surface area contributed by atoms with Crippen molar-refractivity contribution in [1.29, 1.82) is 0 Å². The van der Waals surface area contributed by atoms with E-state index in [9.17, 15) is 0 Å². The molecule has 1 saturated heterocycles. The van der Waals surface area contributed by atoms with E-state index in [-0.39, 0.29) is 6.61 Å². The summed E-state index contributed by atoms with van der Waals surface area (Å²) in [6, 6.07) is 4.36. The number of rotatable bonds is 2. The molecule has 2 heterocycles. The summed E-state index contributed by atoms with van der Waals surface area (Å²) in [7, 11) is 0. The van der Waals surface area contributed by atoms with Crippen LogP contribution in [0.4, 0.5) is 0 Å². The third kappa shape index (κ3) is 2.11. The summed E-state index contributed by atoms with van der Waals surface area (Å²) in [5, 5.41) is 12.3. The minimum absolute atomic E-state index is 0.0748. The van der Waals surface area contributed by atoms with E-state index in [4.69, 9.17) is 5.11 Å². The maximum atomic E-state index is 8.88. The van der Waals surface area contributed by atoms with Crippen LogP contribution in [0.25, 0.3) is 0 Å². The molecule has 0 bridgehead atoms. The molecule has 0 radical (unpaired) electrons. The summed E-state index contributed by atoms with van der Waals surface area (Å²) in [6.07, 6.45) is 5.48. The van der Waals surface area contributed by atoms with Gasteiger partial charge < -0.3 is 10.4 Å². The molecule has 1 aromatic rings. The summed E-state index contributed by atoms with van der Waals surface area (Å²) >= 11 is 0. The highest BCUT2D eigenvalue weighted by atomic mass is 16.3. The largest absolute Gasteiger partial charge is 0.392 e. The van der Waals surface area contributed by atoms with Crippen LogP contribution >= 0.6 is 0 Å². The Morgan fingerprint density at radius 1 is 1.43 bits per heavy atom. The second-order valence-corrected chi connectivity index (χ2v) is 3.75. The standard InChI is InChI=1S/C11H16N2O/c14-8-9-4-5-11(13-7-9)10-3-1-2-6-12-10/h4-5,7,10,12,14H,1-3,6,8H2/t10-/m0/s1. The summed E-state index contributed by atoms with van der Waals surface area (Å²) < 4.78 is 0. The van der Waals surface area contributed by atoms with Gasteiger partial charge in [-0.3, -0.25) is 4.98 Å². The molecule has 2 N–H and O–H groups in total. The molecule has 0 spiro atoms. The quantitative estimate of drug-likeness (QED) is 0.744. The SMILES string of the molecule is OCc1ccc([C@@H]2CCCCN2)nc1. The zero-order chi connectivity index (χ0) is 9.80. The van der Waals surface area contributed by atoms with Gasteiger partial charge in [0.05, 0.1) is 12.3 Å². The molecular weight excluding hydrogens is 176 g/mol. The first-order chi connectivity index (χ1) is 6.90. The molecule has 76 valence electrons. The topological polar surface area (TPSA) is 45.1 Å². The smallest absolute Gasteiger partial charge is 0.0696 e. The van der Waals surface area contributed by atoms with Gasteiger partial charge in [-0.05, 0) is 31.0 Å². The molecule has 1 aliphatic rings. The van der Waals surface area contributed by atoms with Gasteiger partial charge >= 0.3 is 0 Å². The van der Waals surface area contributed by atoms with E-state index in [0.29, 0.717) is 6.04 Å². The number of nitrogens with zero attached hydrogens (tertiary/aromatic N) is 1. The molecule has 0 aromatic carbocycles. The number of aliphatic hydroxyl groups is 1. The van der Waals surface area contributed by atoms with Gasteiger partial charge in [-0.15, -0.1) is 0 Å². The summed E-state index contributed by atoms with van der Waals surface area (Å²) in [4.78, 5) is 4.35. The third-order valence-corrected chi connectivity index (χ3v) is 2.70. The lowest BCUT2D eigenvalue weighted by Gasteiger charge is -2.22. The number of nitrogens with one attached hydrogen (secondary N) is 1. The highest BCUT2D eigenvalue weighted by Crippen LogP contribution is 2.20. The monoisotopic (exact) mass is 192 g/mol. The van der Waals surface area contributed by atoms with Gasteiger partial charge in [0.15, 0.2) is 0 Å². The van der Waals surface area contributed by atoms with E-state index in [1.54, 1.807) is 6.20 Å². The van der Waals surface area contributed by atoms with E-state index in [0.717, 1.165) is 17.8 Å². The van der Waals surface area contributed by atoms with Crippen LogP contribution in [0.1, 0.15) is 36.6 Å². The third-order valence-electron chi connectivity index (χ3n) is 2.70. The minimum atomic E-state index is 0.0748. The Bertz CT molecular complexity index is 278. The normalized spacial score (nSPS) is 22.2. The summed E-state index contributed by atoms with van der Waals surface area (Å²) in [6.45, 7) is 1.17. The van der Waals surface area contributed by atoms with Crippen molar-refractivity contribution in [3.05, 3.63) is 29.6 Å². The highest BCUT2D eigenvalue weighted by Gasteiger charge is 2.15. The van der Waals surface area contributed by atoms with Crippen molar-refractivity contribution in [3.8, 4) is 0 Å². The Kier molecular flexibility index (Phi) is 3.11. The van der Waals surface area contributed by atoms with E-state index in [1.807, 2.05) is 12.1 Å². The molecule has 14 heavy (non-hydrogen) atoms. The fraction of sp³-hybridized carbons (Fsp3) is 0.545. The van der Waals surface area contributed by atoms with Crippen molar-refractivity contribution in [3.63, 3.8) is 0 Å². The lowest BCUT2D eigenvalue weighted by atomic mass is 10.0. The first-order valence-electron chi connectivity index (χ1n) is 5.19. The fourth-order valence-electron chi connectivity index (χ4n) is 1.84. The number of aromatic nitrogens is 1. The second kappa shape index (κ2) is 4.53. The summed E-state index contributed by atoms with van der Waals surface area (Å²) in [5.41, 5.74) is 1.98. The lowest BCUT2D eigenvalue weighted by molar-refractivity contribution is 0.281. The molecule has 1 aromatic heterocycles. The molecule has 0 aliphatic carbocycles. The zero-order valence-electron chi connectivity index (χ0n) is 8.24. The molecule has 1 fully saturated rings. The molecule has 3 heteroatoms. The van der Waals surface area contributed by atoms with Crippen molar-refractivity contribution < 1.29 is 5.11 Å². The molecule has 0 saturated carbocycles. The number of hydrogen-bond acceptors (Lipinski definition) is 3. The van der Waals surface area contributed by atoms with Crippen LogP contribution in [-0.2, 0) is 6.61 Å². The molecule has 2 rings (SSSR count). The average Bonchev–Trinajstić information content (AvgIpc) is 2.30. The molecule has 3 nitrogen and oxygen atoms in total. The maximum absolute atomic E-state index is 8.88. The number of piperidine rings is 1. The Morgan fingerprint density at radius 3 is 2.93 bits per heavy atom. The first kappa shape index (κ1) is 9.62. The number of hydrogen-bond donors (Lipinski definition) is 2. The molecule has 1 aliphatic heterocycles. The highest BCUT2D eigenvalue weighted by molar-refractivity contribution is 5.16. The van der Waals surface area contributed by atoms with Crippen LogP contribution in [0, 0.1) is 0 Å². The van der Waals surface area contributed by atoms with Crippen molar-refractivity contribution in [2.45, 2.75) is 31.9 Å². The van der Waals surface area contributed by atoms with E-state index in [1.165, 1.54) is 19.3 Å². The van der Waals surface area contributed by atoms with E-state index in [2.05, 4.69) is 10.3 Å². The van der Waals surface area contributed by atoms with Gasteiger partial charge in [0.2, 0.25) is 0 Å². The Balaban J connectivity index is 2.07. The van der Waals surface area contributed by atoms with Gasteiger partial charge in [-0.1, -0.05) is 12.5 Å². The van der Waals surface area contributed by atoms with Crippen LogP contribution in [0.2, 0.25) is 0 Å². The van der Waals surface area contributed by atoms with Gasteiger partial charge in [-0.2, -0.15) is 0 Å². The van der Waals surface area contributed by atoms with Crippen LogP contribution in [0.5, 0.6) is 0 Å². The Hall–Kier alpha value is -0.930. The molecular formula is C11H16N2O. The number of pyridine rings is 1. The zero-order valence-corrected chi connectivity index (χ0v) is 8.24. The summed E-state index contributed by atoms with van der Waals surface area (Å²) in [5.74, 6) is 0. The Labute approximate surface area is 84.2 Å². The van der Waals surface area contributed by atoms with E-state index >= 15 is 0 Å². The predicted molar refractivity (Wildman–Crippen MR) is 54.8 cm³/mol. The lowest BCUT2D eigenvalue weighted by Crippen LogP contribution is -2.27. The molecule has 0 amide bonds. The van der Waals surface area contributed by atoms with Gasteiger partial charge in [-0.25, -0.2) is 0 Å². The van der Waals surface area contributed by atoms with Crippen molar-refractivity contribution in [2.75, 3.05) is 6.54 Å². The van der Waals surface area contributed by atoms with Gasteiger partial charge in [0.25, 0.3) is 0 Å². The first-order valence-corrected chi connectivity index (χ1v) is 5.19. The maximum Gasteiger partial charge on any atom is 0.0696 e. The molecule has 1 atom stereocenters. The molecule has 0 unspecified atom stereocenters. The van der Waals surface area contributed by atoms with Crippen LogP contribution in [-0.4, -0.2) is 16.6 Å². The van der Waals surface area contributed by atoms with Crippen molar-refractivity contribution in [2.24, 2.45) is 0 Å². The van der Waals surface area contributed by atoms with Crippen molar-refractivity contribution in [1.82, 2.24) is 10.3 Å². The van der Waals surface area contributed by atoms with Crippen LogP contribution < -0.4 is 5.32 Å². The van der Waals surface area contributed by atoms with Crippen molar-refractivity contribution >= 4 is 0 Å². The number of aliphatic hydroxyl groups excluding tert-OH is 1. The van der Waals surface area contributed by atoms with E-state index < -0.39 is 0 Å². The average molecular weight is 192 g/mol. The van der Waals surface area contributed by atoms with Gasteiger partial charge in [0, 0.05) is 12.2 Å². The van der Waals surface area contributed by atoms with Gasteiger partial charge in [0.1, 0.15) is 0 Å². The Morgan fingerprint density at radius 2 is 2.36 bits per heavy atom. The fourth-order valence-corrected chi connectivity index (χ4v) is 1.84. The van der Waals surface area contributed by atoms with Crippen LogP contribution in [0.15, 0.2) is 18.3 Å². The predicted octanol–water partition coefficient (Wildman–Crippen LogP) is 1.39. The van der Waals surface area contributed by atoms with Crippen LogP contribution in [0.3, 0.4) is 0 Å². The second-order valence-electron chi connectivity index (χ2n) is 3.75.